The maximum Gasteiger partial charge on any atom is 0.435 e. The van der Waals surface area contributed by atoms with Crippen LogP contribution in [-0.2, 0) is 17.6 Å². The van der Waals surface area contributed by atoms with Gasteiger partial charge in [0, 0.05) is 32.8 Å². The maximum atomic E-state index is 12.5. The van der Waals surface area contributed by atoms with Crippen LogP contribution in [0.5, 0.6) is 0 Å². The summed E-state index contributed by atoms with van der Waals surface area (Å²) in [5.41, 5.74) is -0.858. The Morgan fingerprint density at radius 1 is 1.43 bits per heavy atom. The summed E-state index contributed by atoms with van der Waals surface area (Å²) in [7, 11) is 0. The van der Waals surface area contributed by atoms with Crippen LogP contribution >= 0.6 is 0 Å². The molecule has 21 heavy (non-hydrogen) atoms. The van der Waals surface area contributed by atoms with E-state index in [1.807, 2.05) is 0 Å². The molecule has 0 saturated carbocycles. The van der Waals surface area contributed by atoms with E-state index in [9.17, 15) is 18.0 Å². The van der Waals surface area contributed by atoms with Gasteiger partial charge in [-0.05, 0) is 24.8 Å². The number of amides is 1. The van der Waals surface area contributed by atoms with Gasteiger partial charge < -0.3 is 5.32 Å². The van der Waals surface area contributed by atoms with Gasteiger partial charge in [0.05, 0.1) is 6.67 Å². The number of halogens is 3. The first-order chi connectivity index (χ1) is 9.84. The fraction of sp³-hybridized carbons (Fsp3) is 0.692. The minimum atomic E-state index is -4.39. The Labute approximate surface area is 121 Å². The van der Waals surface area contributed by atoms with E-state index in [4.69, 9.17) is 0 Å². The Bertz CT molecular complexity index is 478. The topological polar surface area (TPSA) is 50.2 Å². The number of carbonyl (C=O) groups is 1. The Morgan fingerprint density at radius 3 is 2.62 bits per heavy atom. The number of aromatic nitrogens is 2. The molecule has 8 heteroatoms. The summed E-state index contributed by atoms with van der Waals surface area (Å²) in [5, 5.41) is 6.35. The van der Waals surface area contributed by atoms with E-state index in [0.29, 0.717) is 19.1 Å². The summed E-state index contributed by atoms with van der Waals surface area (Å²) in [6.07, 6.45) is -1.19. The minimum Gasteiger partial charge on any atom is -0.356 e. The van der Waals surface area contributed by atoms with Crippen LogP contribution in [0.1, 0.15) is 25.5 Å². The third kappa shape index (κ3) is 4.73. The maximum absolute atomic E-state index is 12.5. The van der Waals surface area contributed by atoms with Gasteiger partial charge in [-0.2, -0.15) is 18.3 Å². The van der Waals surface area contributed by atoms with Crippen molar-refractivity contribution in [2.45, 2.75) is 32.6 Å². The second-order valence-corrected chi connectivity index (χ2v) is 5.38. The molecule has 118 valence electrons. The van der Waals surface area contributed by atoms with Gasteiger partial charge in [0.25, 0.3) is 0 Å². The molecule has 0 unspecified atom stereocenters. The summed E-state index contributed by atoms with van der Waals surface area (Å²) in [6.45, 7) is 4.12. The summed E-state index contributed by atoms with van der Waals surface area (Å²) in [5.74, 6) is 0.405. The average Bonchev–Trinajstić information content (AvgIpc) is 2.86. The van der Waals surface area contributed by atoms with Gasteiger partial charge >= 0.3 is 6.18 Å². The van der Waals surface area contributed by atoms with E-state index >= 15 is 0 Å². The van der Waals surface area contributed by atoms with E-state index in [1.54, 1.807) is 0 Å². The van der Waals surface area contributed by atoms with Crippen LogP contribution < -0.4 is 5.32 Å². The Kier molecular flexibility index (Phi) is 4.87. The molecule has 1 amide bonds. The van der Waals surface area contributed by atoms with Gasteiger partial charge in [-0.1, -0.05) is 0 Å². The number of nitrogens with one attached hydrogen (secondary N) is 1. The lowest BCUT2D eigenvalue weighted by molar-refractivity contribution is -0.141. The van der Waals surface area contributed by atoms with Gasteiger partial charge in [-0.25, -0.2) is 0 Å². The second kappa shape index (κ2) is 6.46. The number of piperidine rings is 1. The first-order valence-electron chi connectivity index (χ1n) is 6.92. The minimum absolute atomic E-state index is 0.0337. The first kappa shape index (κ1) is 15.8. The van der Waals surface area contributed by atoms with Crippen LogP contribution in [0, 0.1) is 5.92 Å². The number of likely N-dealkylation sites (tertiary alicyclic amines) is 1. The van der Waals surface area contributed by atoms with Gasteiger partial charge in [0.2, 0.25) is 5.91 Å². The van der Waals surface area contributed by atoms with E-state index in [2.05, 4.69) is 15.3 Å². The van der Waals surface area contributed by atoms with Crippen molar-refractivity contribution < 1.29 is 18.0 Å². The summed E-state index contributed by atoms with van der Waals surface area (Å²) in [6, 6.07) is 0.990. The molecular formula is C13H19F3N4O. The van der Waals surface area contributed by atoms with E-state index in [1.165, 1.54) is 17.8 Å². The average molecular weight is 304 g/mol. The molecule has 1 saturated heterocycles. The Balaban J connectivity index is 1.78. The van der Waals surface area contributed by atoms with Crippen LogP contribution in [-0.4, -0.2) is 40.2 Å². The number of rotatable bonds is 4. The van der Waals surface area contributed by atoms with Crippen molar-refractivity contribution in [1.29, 1.82) is 0 Å². The lowest BCUT2D eigenvalue weighted by atomic mass is 9.97. The van der Waals surface area contributed by atoms with Crippen LogP contribution in [0.2, 0.25) is 0 Å². The number of nitrogens with zero attached hydrogens (tertiary/aromatic N) is 3. The molecule has 1 fully saturated rings. The lowest BCUT2D eigenvalue weighted by Crippen LogP contribution is -2.39. The molecule has 0 atom stereocenters. The molecule has 0 spiro atoms. The van der Waals surface area contributed by atoms with E-state index in [-0.39, 0.29) is 5.91 Å². The zero-order valence-electron chi connectivity index (χ0n) is 11.9. The van der Waals surface area contributed by atoms with E-state index < -0.39 is 11.9 Å². The van der Waals surface area contributed by atoms with E-state index in [0.717, 1.165) is 32.0 Å². The fourth-order valence-electron chi connectivity index (χ4n) is 2.42. The highest BCUT2D eigenvalue weighted by Gasteiger charge is 2.33. The van der Waals surface area contributed by atoms with Gasteiger partial charge in [0.1, 0.15) is 0 Å². The third-order valence-corrected chi connectivity index (χ3v) is 3.62. The van der Waals surface area contributed by atoms with Crippen molar-refractivity contribution in [1.82, 2.24) is 20.0 Å². The summed E-state index contributed by atoms with van der Waals surface area (Å²) >= 11 is 0. The van der Waals surface area contributed by atoms with Gasteiger partial charge in [0.15, 0.2) is 5.69 Å². The first-order valence-corrected chi connectivity index (χ1v) is 6.92. The Morgan fingerprint density at radius 2 is 2.10 bits per heavy atom. The predicted octanol–water partition coefficient (Wildman–Crippen LogP) is 1.71. The fourth-order valence-corrected chi connectivity index (χ4v) is 2.42. The molecule has 0 aromatic carbocycles. The largest absolute Gasteiger partial charge is 0.435 e. The van der Waals surface area contributed by atoms with Crippen molar-refractivity contribution in [2.75, 3.05) is 19.6 Å². The van der Waals surface area contributed by atoms with Gasteiger partial charge in [-0.15, -0.1) is 0 Å². The smallest absolute Gasteiger partial charge is 0.356 e. The summed E-state index contributed by atoms with van der Waals surface area (Å²) < 4.78 is 38.7. The molecule has 1 aliphatic heterocycles. The highest BCUT2D eigenvalue weighted by atomic mass is 19.4. The zero-order chi connectivity index (χ0) is 15.5. The predicted molar refractivity (Wildman–Crippen MR) is 70.2 cm³/mol. The third-order valence-electron chi connectivity index (χ3n) is 3.62. The van der Waals surface area contributed by atoms with Crippen molar-refractivity contribution in [2.24, 2.45) is 5.92 Å². The van der Waals surface area contributed by atoms with Crippen molar-refractivity contribution in [3.8, 4) is 0 Å². The second-order valence-electron chi connectivity index (χ2n) is 5.38. The van der Waals surface area contributed by atoms with Crippen molar-refractivity contribution >= 4 is 5.91 Å². The normalized spacial score (nSPS) is 17.9. The molecule has 1 aromatic rings. The molecule has 5 nitrogen and oxygen atoms in total. The Hall–Kier alpha value is -1.57. The van der Waals surface area contributed by atoms with Crippen LogP contribution in [0.4, 0.5) is 13.2 Å². The number of carbonyl (C=O) groups excluding carboxylic acids is 1. The molecular weight excluding hydrogens is 285 g/mol. The highest BCUT2D eigenvalue weighted by Crippen LogP contribution is 2.27. The number of hydrogen-bond acceptors (Lipinski definition) is 3. The molecule has 2 rings (SSSR count). The van der Waals surface area contributed by atoms with Crippen molar-refractivity contribution in [3.05, 3.63) is 18.0 Å². The van der Waals surface area contributed by atoms with Crippen LogP contribution in [0.3, 0.4) is 0 Å². The quantitative estimate of drug-likeness (QED) is 0.921. The molecule has 1 N–H and O–H groups in total. The molecule has 1 aromatic heterocycles. The zero-order valence-corrected chi connectivity index (χ0v) is 11.9. The standard InChI is InChI=1S/C13H19F3N4O/c1-10(21)17-8-11-2-5-19(6-3-11)9-20-7-4-12(18-20)13(14,15)16/h4,7,11H,2-3,5-6,8-9H2,1H3,(H,17,21). The lowest BCUT2D eigenvalue weighted by Gasteiger charge is -2.31. The molecule has 0 bridgehead atoms. The van der Waals surface area contributed by atoms with Gasteiger partial charge in [-0.3, -0.25) is 14.4 Å². The molecule has 2 heterocycles. The van der Waals surface area contributed by atoms with Crippen LogP contribution in [0.15, 0.2) is 12.3 Å². The monoisotopic (exact) mass is 304 g/mol. The number of alkyl halides is 3. The van der Waals surface area contributed by atoms with Crippen molar-refractivity contribution in [3.63, 3.8) is 0 Å². The molecule has 1 aliphatic rings. The molecule has 0 radical (unpaired) electrons. The molecule has 0 aliphatic carbocycles. The summed E-state index contributed by atoms with van der Waals surface area (Å²) in [4.78, 5) is 12.9. The number of hydrogen-bond donors (Lipinski definition) is 1. The SMILES string of the molecule is CC(=O)NCC1CCN(Cn2ccc(C(F)(F)F)n2)CC1. The highest BCUT2D eigenvalue weighted by molar-refractivity contribution is 5.72. The van der Waals surface area contributed by atoms with Crippen LogP contribution in [0.25, 0.3) is 0 Å².